The van der Waals surface area contributed by atoms with Gasteiger partial charge in [0.2, 0.25) is 0 Å². The van der Waals surface area contributed by atoms with Crippen LogP contribution in [0.15, 0.2) is 65.5 Å². The van der Waals surface area contributed by atoms with Crippen LogP contribution in [-0.2, 0) is 16.1 Å². The summed E-state index contributed by atoms with van der Waals surface area (Å²) in [5, 5.41) is 5.59. The minimum Gasteiger partial charge on any atom is -0.466 e. The Morgan fingerprint density at radius 2 is 1.71 bits per heavy atom. The quantitative estimate of drug-likeness (QED) is 0.480. The molecule has 1 aromatic heterocycles. The SMILES string of the molecule is CCOC(=O)CC[n+]1[nH]n(-c2ccccc2)c(=O)c1C(=O)Nc1ccccc1. The fourth-order valence-corrected chi connectivity index (χ4v) is 2.72. The van der Waals surface area contributed by atoms with Gasteiger partial charge in [-0.05, 0) is 31.2 Å². The summed E-state index contributed by atoms with van der Waals surface area (Å²) in [5.41, 5.74) is 0.535. The summed E-state index contributed by atoms with van der Waals surface area (Å²) in [6.45, 7) is 2.09. The van der Waals surface area contributed by atoms with E-state index in [1.54, 1.807) is 55.5 Å². The summed E-state index contributed by atoms with van der Waals surface area (Å²) in [7, 11) is 0. The van der Waals surface area contributed by atoms with Crippen LogP contribution in [0.5, 0.6) is 0 Å². The topological polar surface area (TPSA) is 97.1 Å². The van der Waals surface area contributed by atoms with Crippen LogP contribution in [0.25, 0.3) is 5.69 Å². The van der Waals surface area contributed by atoms with E-state index < -0.39 is 17.4 Å². The molecule has 3 aromatic rings. The van der Waals surface area contributed by atoms with Crippen LogP contribution in [0.4, 0.5) is 5.69 Å². The second-order valence-electron chi connectivity index (χ2n) is 5.95. The largest absolute Gasteiger partial charge is 0.466 e. The van der Waals surface area contributed by atoms with E-state index in [1.165, 1.54) is 9.36 Å². The fraction of sp³-hybridized carbons (Fsp3) is 0.200. The van der Waals surface area contributed by atoms with Gasteiger partial charge in [0.05, 0.1) is 13.0 Å². The summed E-state index contributed by atoms with van der Waals surface area (Å²) in [4.78, 5) is 37.4. The van der Waals surface area contributed by atoms with E-state index in [0.717, 1.165) is 0 Å². The van der Waals surface area contributed by atoms with Crippen LogP contribution in [0.1, 0.15) is 23.8 Å². The van der Waals surface area contributed by atoms with Gasteiger partial charge >= 0.3 is 23.1 Å². The second kappa shape index (κ2) is 8.81. The molecule has 0 saturated heterocycles. The van der Waals surface area contributed by atoms with E-state index in [9.17, 15) is 14.4 Å². The first-order valence-electron chi connectivity index (χ1n) is 8.92. The number of hydrogen-bond acceptors (Lipinski definition) is 4. The average Bonchev–Trinajstić information content (AvgIpc) is 3.04. The molecule has 0 atom stereocenters. The Morgan fingerprint density at radius 3 is 2.36 bits per heavy atom. The van der Waals surface area contributed by atoms with E-state index in [0.29, 0.717) is 11.4 Å². The number of anilines is 1. The summed E-state index contributed by atoms with van der Waals surface area (Å²) in [6, 6.07) is 17.7. The molecule has 144 valence electrons. The van der Waals surface area contributed by atoms with E-state index in [4.69, 9.17) is 4.74 Å². The predicted molar refractivity (Wildman–Crippen MR) is 102 cm³/mol. The lowest BCUT2D eigenvalue weighted by atomic mass is 10.3. The first kappa shape index (κ1) is 19.1. The molecule has 0 spiro atoms. The summed E-state index contributed by atoms with van der Waals surface area (Å²) in [6.07, 6.45) is 0.0267. The number of amides is 1. The van der Waals surface area contributed by atoms with E-state index in [2.05, 4.69) is 10.5 Å². The fourth-order valence-electron chi connectivity index (χ4n) is 2.72. The predicted octanol–water partition coefficient (Wildman–Crippen LogP) is 1.66. The highest BCUT2D eigenvalue weighted by Gasteiger charge is 2.29. The van der Waals surface area contributed by atoms with Crippen molar-refractivity contribution in [2.24, 2.45) is 0 Å². The van der Waals surface area contributed by atoms with E-state index >= 15 is 0 Å². The molecule has 0 saturated carbocycles. The van der Waals surface area contributed by atoms with Crippen molar-refractivity contribution in [1.82, 2.24) is 9.90 Å². The molecule has 1 heterocycles. The molecule has 0 aliphatic heterocycles. The summed E-state index contributed by atoms with van der Waals surface area (Å²) < 4.78 is 7.56. The van der Waals surface area contributed by atoms with Crippen molar-refractivity contribution in [3.8, 4) is 5.69 Å². The van der Waals surface area contributed by atoms with Crippen molar-refractivity contribution in [3.63, 3.8) is 0 Å². The van der Waals surface area contributed by atoms with Gasteiger partial charge in [0.1, 0.15) is 6.54 Å². The third-order valence-corrected chi connectivity index (χ3v) is 4.00. The smallest absolute Gasteiger partial charge is 0.411 e. The van der Waals surface area contributed by atoms with Crippen molar-refractivity contribution < 1.29 is 19.0 Å². The maximum atomic E-state index is 12.9. The highest BCUT2D eigenvalue weighted by molar-refractivity contribution is 6.01. The lowest BCUT2D eigenvalue weighted by Crippen LogP contribution is -2.45. The first-order chi connectivity index (χ1) is 13.6. The molecule has 0 aliphatic rings. The third-order valence-electron chi connectivity index (χ3n) is 4.00. The number of hydrogen-bond donors (Lipinski definition) is 2. The Morgan fingerprint density at radius 1 is 1.07 bits per heavy atom. The molecule has 1 amide bonds. The number of esters is 1. The van der Waals surface area contributed by atoms with Gasteiger partial charge in [0, 0.05) is 5.69 Å². The number of para-hydroxylation sites is 2. The zero-order chi connectivity index (χ0) is 19.9. The van der Waals surface area contributed by atoms with Crippen LogP contribution in [-0.4, -0.2) is 28.4 Å². The van der Waals surface area contributed by atoms with Crippen molar-refractivity contribution in [1.29, 1.82) is 0 Å². The number of nitrogens with one attached hydrogen (secondary N) is 2. The van der Waals surface area contributed by atoms with Crippen LogP contribution in [0.3, 0.4) is 0 Å². The van der Waals surface area contributed by atoms with Gasteiger partial charge in [-0.15, -0.1) is 4.68 Å². The maximum Gasteiger partial charge on any atom is 0.411 e. The number of aryl methyl sites for hydroxylation is 1. The Bertz CT molecular complexity index is 1010. The highest BCUT2D eigenvalue weighted by atomic mass is 16.5. The van der Waals surface area contributed by atoms with Crippen LogP contribution >= 0.6 is 0 Å². The van der Waals surface area contributed by atoms with Crippen LogP contribution in [0, 0.1) is 0 Å². The van der Waals surface area contributed by atoms with Gasteiger partial charge in [0.25, 0.3) is 0 Å². The molecule has 2 N–H and O–H groups in total. The molecule has 2 aromatic carbocycles. The molecule has 0 unspecified atom stereocenters. The van der Waals surface area contributed by atoms with Gasteiger partial charge in [-0.2, -0.15) is 0 Å². The van der Waals surface area contributed by atoms with Crippen molar-refractivity contribution in [3.05, 3.63) is 76.7 Å². The average molecular weight is 381 g/mol. The number of H-pyrrole nitrogens is 1. The zero-order valence-corrected chi connectivity index (χ0v) is 15.4. The molecule has 28 heavy (non-hydrogen) atoms. The number of aromatic amines is 1. The van der Waals surface area contributed by atoms with Crippen LogP contribution < -0.4 is 15.6 Å². The van der Waals surface area contributed by atoms with Crippen molar-refractivity contribution in [2.45, 2.75) is 19.9 Å². The van der Waals surface area contributed by atoms with Crippen molar-refractivity contribution >= 4 is 17.6 Å². The monoisotopic (exact) mass is 381 g/mol. The Labute approximate surface area is 161 Å². The number of carbonyl (C=O) groups excluding carboxylic acids is 2. The number of carbonyl (C=O) groups is 2. The second-order valence-corrected chi connectivity index (χ2v) is 5.95. The van der Waals surface area contributed by atoms with E-state index in [-0.39, 0.29) is 25.3 Å². The molecule has 0 bridgehead atoms. The Balaban J connectivity index is 1.95. The molecular formula is C20H21N4O4+. The van der Waals surface area contributed by atoms with Gasteiger partial charge in [-0.1, -0.05) is 46.3 Å². The lowest BCUT2D eigenvalue weighted by Gasteiger charge is -2.03. The number of aromatic nitrogens is 3. The maximum absolute atomic E-state index is 12.9. The Hall–Kier alpha value is -3.68. The molecule has 8 heteroatoms. The molecule has 0 fully saturated rings. The van der Waals surface area contributed by atoms with Crippen molar-refractivity contribution in [2.75, 3.05) is 11.9 Å². The van der Waals surface area contributed by atoms with Gasteiger partial charge < -0.3 is 10.1 Å². The molecule has 8 nitrogen and oxygen atoms in total. The third kappa shape index (κ3) is 4.35. The van der Waals surface area contributed by atoms with Gasteiger partial charge in [0.15, 0.2) is 5.69 Å². The summed E-state index contributed by atoms with van der Waals surface area (Å²) in [5.74, 6) is -0.969. The Kier molecular flexibility index (Phi) is 6.01. The standard InChI is InChI=1S/C20H20N4O4/c1-2-28-17(25)13-14-23-18(19(26)21-15-9-5-3-6-10-15)20(27)24(22-23)16-11-7-4-8-12-16/h3-12H,2,13-14H2,1H3,(H-,21,22,26,27)/p+1. The van der Waals surface area contributed by atoms with E-state index in [1.807, 2.05) is 12.1 Å². The normalized spacial score (nSPS) is 10.5. The van der Waals surface area contributed by atoms with Crippen LogP contribution in [0.2, 0.25) is 0 Å². The summed E-state index contributed by atoms with van der Waals surface area (Å²) >= 11 is 0. The number of nitrogens with zero attached hydrogens (tertiary/aromatic N) is 2. The minimum absolute atomic E-state index is 0.0267. The highest BCUT2D eigenvalue weighted by Crippen LogP contribution is 2.07. The molecule has 0 radical (unpaired) electrons. The first-order valence-corrected chi connectivity index (χ1v) is 8.92. The number of benzene rings is 2. The number of rotatable bonds is 7. The molecule has 3 rings (SSSR count). The molecule has 0 aliphatic carbocycles. The van der Waals surface area contributed by atoms with Gasteiger partial charge in [-0.3, -0.25) is 9.59 Å². The number of ether oxygens (including phenoxy) is 1. The minimum atomic E-state index is -0.564. The zero-order valence-electron chi connectivity index (χ0n) is 15.4. The molecular weight excluding hydrogens is 360 g/mol. The van der Waals surface area contributed by atoms with Gasteiger partial charge in [-0.25, -0.2) is 4.79 Å². The lowest BCUT2D eigenvalue weighted by molar-refractivity contribution is -0.755.